The first-order valence-electron chi connectivity index (χ1n) is 7.43. The quantitative estimate of drug-likeness (QED) is 0.913. The lowest BCUT2D eigenvalue weighted by atomic mass is 10.2. The lowest BCUT2D eigenvalue weighted by molar-refractivity contribution is 0.222. The van der Waals surface area contributed by atoms with E-state index in [0.29, 0.717) is 18.0 Å². The van der Waals surface area contributed by atoms with Crippen LogP contribution in [0.4, 0.5) is 10.8 Å². The predicted octanol–water partition coefficient (Wildman–Crippen LogP) is 2.13. The van der Waals surface area contributed by atoms with E-state index in [-0.39, 0.29) is 0 Å². The molecule has 1 aliphatic heterocycles. The van der Waals surface area contributed by atoms with Crippen molar-refractivity contribution in [3.63, 3.8) is 0 Å². The van der Waals surface area contributed by atoms with Gasteiger partial charge in [-0.05, 0) is 31.7 Å². The molecule has 1 fully saturated rings. The van der Waals surface area contributed by atoms with Gasteiger partial charge in [0, 0.05) is 43.4 Å². The van der Waals surface area contributed by atoms with Gasteiger partial charge in [0.2, 0.25) is 10.0 Å². The minimum absolute atomic E-state index is 0.364. The summed E-state index contributed by atoms with van der Waals surface area (Å²) < 4.78 is 27.4. The van der Waals surface area contributed by atoms with E-state index in [0.717, 1.165) is 29.5 Å². The highest BCUT2D eigenvalue weighted by Gasteiger charge is 2.28. The summed E-state index contributed by atoms with van der Waals surface area (Å²) >= 11 is 1.48. The number of thiazole rings is 1. The third-order valence-corrected chi connectivity index (χ3v) is 6.68. The molecule has 0 radical (unpaired) electrons. The molecular formula is C15H20N4O2S2. The summed E-state index contributed by atoms with van der Waals surface area (Å²) in [6, 6.07) is 5.41. The molecule has 1 aliphatic rings. The van der Waals surface area contributed by atoms with E-state index >= 15 is 0 Å². The van der Waals surface area contributed by atoms with Gasteiger partial charge in [-0.1, -0.05) is 6.07 Å². The van der Waals surface area contributed by atoms with E-state index in [9.17, 15) is 8.42 Å². The number of piperazine rings is 1. The molecule has 0 spiro atoms. The first-order chi connectivity index (χ1) is 11.0. The molecule has 0 bridgehead atoms. The summed E-state index contributed by atoms with van der Waals surface area (Å²) in [6.07, 6.45) is 1.71. The normalized spacial score (nSPS) is 17.3. The monoisotopic (exact) mass is 352 g/mol. The Balaban J connectivity index is 1.88. The number of benzene rings is 1. The lowest BCUT2D eigenvalue weighted by Crippen LogP contribution is -2.47. The molecule has 0 aliphatic carbocycles. The van der Waals surface area contributed by atoms with Crippen LogP contribution in [0.15, 0.2) is 34.7 Å². The predicted molar refractivity (Wildman–Crippen MR) is 92.8 cm³/mol. The molecule has 0 atom stereocenters. The molecule has 0 unspecified atom stereocenters. The lowest BCUT2D eigenvalue weighted by Gasteiger charge is -2.32. The summed E-state index contributed by atoms with van der Waals surface area (Å²) in [5, 5.41) is 5.77. The van der Waals surface area contributed by atoms with Crippen molar-refractivity contribution in [2.75, 3.05) is 38.5 Å². The first kappa shape index (κ1) is 16.4. The van der Waals surface area contributed by atoms with Crippen LogP contribution < -0.4 is 5.32 Å². The van der Waals surface area contributed by atoms with E-state index in [1.165, 1.54) is 11.3 Å². The van der Waals surface area contributed by atoms with Gasteiger partial charge in [-0.15, -0.1) is 11.3 Å². The smallest absolute Gasteiger partial charge is 0.243 e. The van der Waals surface area contributed by atoms with Crippen LogP contribution >= 0.6 is 11.3 Å². The fraction of sp³-hybridized carbons (Fsp3) is 0.400. The molecule has 8 heteroatoms. The first-order valence-corrected chi connectivity index (χ1v) is 9.74. The van der Waals surface area contributed by atoms with Gasteiger partial charge in [0.15, 0.2) is 5.13 Å². The third-order valence-electron chi connectivity index (χ3n) is 3.95. The number of hydrogen-bond donors (Lipinski definition) is 1. The fourth-order valence-corrected chi connectivity index (χ4v) is 4.75. The van der Waals surface area contributed by atoms with Gasteiger partial charge in [-0.2, -0.15) is 4.31 Å². The van der Waals surface area contributed by atoms with E-state index in [2.05, 4.69) is 15.2 Å². The Morgan fingerprint density at radius 1 is 1.22 bits per heavy atom. The van der Waals surface area contributed by atoms with Crippen LogP contribution in [0.2, 0.25) is 0 Å². The minimum atomic E-state index is -3.47. The Kier molecular flexibility index (Phi) is 4.67. The standard InChI is InChI=1S/C15H20N4O2S2/c1-12-3-4-13(17-15-16-5-10-22-15)11-14(12)23(20,21)19-8-6-18(2)7-9-19/h3-5,10-11H,6-9H2,1-2H3,(H,16,17). The SMILES string of the molecule is Cc1ccc(Nc2nccs2)cc1S(=O)(=O)N1CCN(C)CC1. The van der Waals surface area contributed by atoms with Crippen molar-refractivity contribution in [2.45, 2.75) is 11.8 Å². The number of nitrogens with one attached hydrogen (secondary N) is 1. The van der Waals surface area contributed by atoms with E-state index < -0.39 is 10.0 Å². The average molecular weight is 352 g/mol. The van der Waals surface area contributed by atoms with Gasteiger partial charge in [0.05, 0.1) is 4.90 Å². The average Bonchev–Trinajstić information content (AvgIpc) is 3.02. The molecule has 1 aromatic carbocycles. The zero-order chi connectivity index (χ0) is 16.4. The molecule has 1 N–H and O–H groups in total. The van der Waals surface area contributed by atoms with Crippen LogP contribution in [0.25, 0.3) is 0 Å². The van der Waals surface area contributed by atoms with Gasteiger partial charge >= 0.3 is 0 Å². The van der Waals surface area contributed by atoms with Crippen LogP contribution in [0.3, 0.4) is 0 Å². The maximum Gasteiger partial charge on any atom is 0.243 e. The third kappa shape index (κ3) is 3.55. The van der Waals surface area contributed by atoms with Crippen LogP contribution in [0.1, 0.15) is 5.56 Å². The number of sulfonamides is 1. The number of hydrogen-bond acceptors (Lipinski definition) is 6. The van der Waals surface area contributed by atoms with Crippen LogP contribution in [0.5, 0.6) is 0 Å². The molecular weight excluding hydrogens is 332 g/mol. The van der Waals surface area contributed by atoms with Crippen molar-refractivity contribution in [1.29, 1.82) is 0 Å². The molecule has 1 saturated heterocycles. The van der Waals surface area contributed by atoms with Crippen molar-refractivity contribution in [1.82, 2.24) is 14.2 Å². The molecule has 2 aromatic rings. The number of rotatable bonds is 4. The largest absolute Gasteiger partial charge is 0.332 e. The van der Waals surface area contributed by atoms with Crippen molar-refractivity contribution in [3.05, 3.63) is 35.3 Å². The maximum absolute atomic E-state index is 12.9. The fourth-order valence-electron chi connectivity index (χ4n) is 2.53. The second-order valence-electron chi connectivity index (χ2n) is 5.65. The Bertz CT molecular complexity index is 767. The van der Waals surface area contributed by atoms with Crippen LogP contribution in [0, 0.1) is 6.92 Å². The van der Waals surface area contributed by atoms with Crippen molar-refractivity contribution in [2.24, 2.45) is 0 Å². The summed E-state index contributed by atoms with van der Waals surface area (Å²) in [6.45, 7) is 4.41. The number of anilines is 2. The van der Waals surface area contributed by atoms with Gasteiger partial charge in [-0.25, -0.2) is 13.4 Å². The van der Waals surface area contributed by atoms with E-state index in [1.807, 2.05) is 31.5 Å². The molecule has 0 saturated carbocycles. The highest BCUT2D eigenvalue weighted by molar-refractivity contribution is 7.89. The van der Waals surface area contributed by atoms with E-state index in [4.69, 9.17) is 0 Å². The van der Waals surface area contributed by atoms with Crippen molar-refractivity contribution >= 4 is 32.2 Å². The highest BCUT2D eigenvalue weighted by Crippen LogP contribution is 2.26. The zero-order valence-electron chi connectivity index (χ0n) is 13.2. The Morgan fingerprint density at radius 2 is 1.96 bits per heavy atom. The number of aryl methyl sites for hydroxylation is 1. The topological polar surface area (TPSA) is 65.5 Å². The van der Waals surface area contributed by atoms with Crippen LogP contribution in [-0.2, 0) is 10.0 Å². The minimum Gasteiger partial charge on any atom is -0.332 e. The number of likely N-dealkylation sites (N-methyl/N-ethyl adjacent to an activating group) is 1. The van der Waals surface area contributed by atoms with E-state index in [1.54, 1.807) is 16.6 Å². The molecule has 6 nitrogen and oxygen atoms in total. The Hall–Kier alpha value is -1.48. The Labute approximate surface area is 140 Å². The molecule has 1 aromatic heterocycles. The van der Waals surface area contributed by atoms with Crippen LogP contribution in [-0.4, -0.2) is 55.8 Å². The second-order valence-corrected chi connectivity index (χ2v) is 8.45. The van der Waals surface area contributed by atoms with Crippen molar-refractivity contribution < 1.29 is 8.42 Å². The van der Waals surface area contributed by atoms with Gasteiger partial charge < -0.3 is 10.2 Å². The van der Waals surface area contributed by atoms with Gasteiger partial charge in [0.25, 0.3) is 0 Å². The van der Waals surface area contributed by atoms with Crippen molar-refractivity contribution in [3.8, 4) is 0 Å². The van der Waals surface area contributed by atoms with Gasteiger partial charge in [-0.3, -0.25) is 0 Å². The molecule has 2 heterocycles. The second kappa shape index (κ2) is 6.56. The number of nitrogens with zero attached hydrogens (tertiary/aromatic N) is 3. The Morgan fingerprint density at radius 3 is 2.61 bits per heavy atom. The maximum atomic E-state index is 12.9. The summed E-state index contributed by atoms with van der Waals surface area (Å²) in [5.41, 5.74) is 1.49. The molecule has 3 rings (SSSR count). The summed E-state index contributed by atoms with van der Waals surface area (Å²) in [5.74, 6) is 0. The molecule has 23 heavy (non-hydrogen) atoms. The number of aromatic nitrogens is 1. The summed E-state index contributed by atoms with van der Waals surface area (Å²) in [4.78, 5) is 6.67. The summed E-state index contributed by atoms with van der Waals surface area (Å²) in [7, 11) is -1.46. The molecule has 124 valence electrons. The highest BCUT2D eigenvalue weighted by atomic mass is 32.2. The molecule has 0 amide bonds. The van der Waals surface area contributed by atoms with Gasteiger partial charge in [0.1, 0.15) is 0 Å². The zero-order valence-corrected chi connectivity index (χ0v) is 14.8.